The van der Waals surface area contributed by atoms with Gasteiger partial charge in [-0.2, -0.15) is 0 Å². The van der Waals surface area contributed by atoms with Crippen LogP contribution < -0.4 is 11.9 Å². The van der Waals surface area contributed by atoms with Crippen molar-refractivity contribution in [2.45, 2.75) is 20.0 Å². The van der Waals surface area contributed by atoms with Crippen LogP contribution in [0.3, 0.4) is 0 Å². The highest BCUT2D eigenvalue weighted by molar-refractivity contribution is 5.77. The number of aliphatic hydroxyl groups is 2. The lowest BCUT2D eigenvalue weighted by Gasteiger charge is -1.90. The molecule has 0 aliphatic rings. The zero-order chi connectivity index (χ0) is 7.86. The van der Waals surface area contributed by atoms with E-state index >= 15 is 0 Å². The molecule has 0 saturated carbocycles. The Labute approximate surface area is 60.4 Å². The lowest BCUT2D eigenvalue weighted by Crippen LogP contribution is -2.24. The summed E-state index contributed by atoms with van der Waals surface area (Å²) >= 11 is 0. The maximum atomic E-state index is 9.67. The first-order valence-corrected chi connectivity index (χ1v) is 2.64. The minimum atomic E-state index is -1.01. The summed E-state index contributed by atoms with van der Waals surface area (Å²) in [5.41, 5.74) is 4.55. The molecule has 0 saturated heterocycles. The van der Waals surface area contributed by atoms with Crippen LogP contribution in [0.4, 0.5) is 0 Å². The van der Waals surface area contributed by atoms with E-state index in [0.29, 0.717) is 0 Å². The highest BCUT2D eigenvalue weighted by Gasteiger charge is 1.98. The fourth-order valence-electron chi connectivity index (χ4n) is 0. The quantitative estimate of drug-likeness (QED) is 0.386. The molecule has 1 amide bonds. The van der Waals surface area contributed by atoms with Crippen molar-refractivity contribution in [2.24, 2.45) is 5.73 Å². The van der Waals surface area contributed by atoms with Gasteiger partial charge in [0.2, 0.25) is 5.91 Å². The van der Waals surface area contributed by atoms with Crippen LogP contribution in [-0.4, -0.2) is 28.8 Å². The molecule has 64 valence electrons. The van der Waals surface area contributed by atoms with Crippen molar-refractivity contribution in [3.63, 3.8) is 0 Å². The SMILES string of the molecule is CC(O)C(N)=O.CCO.N. The van der Waals surface area contributed by atoms with E-state index in [0.717, 1.165) is 0 Å². The fraction of sp³-hybridized carbons (Fsp3) is 0.800. The van der Waals surface area contributed by atoms with E-state index in [1.165, 1.54) is 6.92 Å². The summed E-state index contributed by atoms with van der Waals surface area (Å²) in [6, 6.07) is 0. The third-order valence-corrected chi connectivity index (χ3v) is 0.412. The van der Waals surface area contributed by atoms with Crippen molar-refractivity contribution in [1.82, 2.24) is 6.15 Å². The van der Waals surface area contributed by atoms with Gasteiger partial charge in [0.1, 0.15) is 6.10 Å². The molecule has 5 nitrogen and oxygen atoms in total. The van der Waals surface area contributed by atoms with E-state index in [9.17, 15) is 4.79 Å². The predicted octanol–water partition coefficient (Wildman–Crippen LogP) is -0.987. The number of nitrogens with two attached hydrogens (primary N) is 1. The van der Waals surface area contributed by atoms with Crippen LogP contribution in [0, 0.1) is 0 Å². The van der Waals surface area contributed by atoms with Crippen LogP contribution in [0.15, 0.2) is 0 Å². The van der Waals surface area contributed by atoms with Crippen molar-refractivity contribution in [1.29, 1.82) is 0 Å². The van der Waals surface area contributed by atoms with Gasteiger partial charge in [0.15, 0.2) is 0 Å². The number of aliphatic hydroxyl groups excluding tert-OH is 2. The molecule has 0 aromatic carbocycles. The van der Waals surface area contributed by atoms with Gasteiger partial charge in [0.05, 0.1) is 0 Å². The van der Waals surface area contributed by atoms with Crippen molar-refractivity contribution in [3.8, 4) is 0 Å². The third kappa shape index (κ3) is 26.4. The molecule has 1 unspecified atom stereocenters. The standard InChI is InChI=1S/C3H7NO2.C2H6O.H3N/c1-2(5)3(4)6;1-2-3;/h2,5H,1H3,(H2,4,6);3H,2H2,1H3;1H3. The number of hydrogen-bond acceptors (Lipinski definition) is 4. The lowest BCUT2D eigenvalue weighted by molar-refractivity contribution is -0.125. The molecule has 0 heterocycles. The number of rotatable bonds is 1. The minimum absolute atomic E-state index is 0. The number of amides is 1. The maximum absolute atomic E-state index is 9.67. The Morgan fingerprint density at radius 1 is 1.70 bits per heavy atom. The van der Waals surface area contributed by atoms with Crippen LogP contribution in [0.25, 0.3) is 0 Å². The molecule has 1 atom stereocenters. The summed E-state index contributed by atoms with van der Waals surface area (Å²) in [5, 5.41) is 15.7. The van der Waals surface area contributed by atoms with Crippen molar-refractivity contribution in [3.05, 3.63) is 0 Å². The molecule has 0 bridgehead atoms. The molecule has 0 aliphatic carbocycles. The minimum Gasteiger partial charge on any atom is -0.397 e. The Morgan fingerprint density at radius 2 is 1.80 bits per heavy atom. The molecule has 0 rings (SSSR count). The van der Waals surface area contributed by atoms with E-state index in [4.69, 9.17) is 10.2 Å². The first-order chi connectivity index (χ1) is 4.06. The smallest absolute Gasteiger partial charge is 0.245 e. The maximum Gasteiger partial charge on any atom is 0.245 e. The molecule has 0 fully saturated rings. The van der Waals surface area contributed by atoms with Gasteiger partial charge in [0.25, 0.3) is 0 Å². The van der Waals surface area contributed by atoms with Crippen molar-refractivity contribution in [2.75, 3.05) is 6.61 Å². The largest absolute Gasteiger partial charge is 0.397 e. The first kappa shape index (κ1) is 16.2. The topological polar surface area (TPSA) is 119 Å². The van der Waals surface area contributed by atoms with Crippen LogP contribution in [0.1, 0.15) is 13.8 Å². The molecule has 0 aliphatic heterocycles. The van der Waals surface area contributed by atoms with Gasteiger partial charge < -0.3 is 22.1 Å². The second kappa shape index (κ2) is 11.2. The molecule has 7 N–H and O–H groups in total. The van der Waals surface area contributed by atoms with Crippen molar-refractivity contribution < 1.29 is 15.0 Å². The summed E-state index contributed by atoms with van der Waals surface area (Å²) in [6.45, 7) is 3.25. The fourth-order valence-corrected chi connectivity index (χ4v) is 0. The van der Waals surface area contributed by atoms with Gasteiger partial charge in [-0.25, -0.2) is 0 Å². The number of primary amides is 1. The first-order valence-electron chi connectivity index (χ1n) is 2.64. The summed E-state index contributed by atoms with van der Waals surface area (Å²) in [4.78, 5) is 9.67. The average molecular weight is 152 g/mol. The summed E-state index contributed by atoms with van der Waals surface area (Å²) in [6.07, 6.45) is -1.01. The van der Waals surface area contributed by atoms with E-state index in [1.807, 2.05) is 0 Å². The monoisotopic (exact) mass is 152 g/mol. The zero-order valence-electron chi connectivity index (χ0n) is 6.37. The van der Waals surface area contributed by atoms with Gasteiger partial charge in [0, 0.05) is 6.61 Å². The van der Waals surface area contributed by atoms with Gasteiger partial charge >= 0.3 is 0 Å². The van der Waals surface area contributed by atoms with Gasteiger partial charge in [-0.15, -0.1) is 0 Å². The highest BCUT2D eigenvalue weighted by Crippen LogP contribution is 1.70. The normalized spacial score (nSPS) is 10.0. The molecular formula is C5H16N2O3. The van der Waals surface area contributed by atoms with E-state index in [-0.39, 0.29) is 12.8 Å². The summed E-state index contributed by atoms with van der Waals surface area (Å²) in [7, 11) is 0. The third-order valence-electron chi connectivity index (χ3n) is 0.412. The Balaban J connectivity index is -0.000000107. The second-order valence-corrected chi connectivity index (χ2v) is 1.39. The summed E-state index contributed by atoms with van der Waals surface area (Å²) < 4.78 is 0. The van der Waals surface area contributed by atoms with Crippen molar-refractivity contribution >= 4 is 5.91 Å². The Morgan fingerprint density at radius 3 is 1.80 bits per heavy atom. The Bertz CT molecular complexity index is 75.3. The Hall–Kier alpha value is -0.650. The molecule has 0 aromatic rings. The number of hydrogen-bond donors (Lipinski definition) is 4. The van der Waals surface area contributed by atoms with E-state index in [1.54, 1.807) is 6.92 Å². The molecule has 5 heteroatoms. The second-order valence-electron chi connectivity index (χ2n) is 1.39. The Kier molecular flexibility index (Phi) is 18.1. The van der Waals surface area contributed by atoms with Gasteiger partial charge in [-0.1, -0.05) is 0 Å². The average Bonchev–Trinajstić information content (AvgIpc) is 1.68. The van der Waals surface area contributed by atoms with Crippen LogP contribution in [0.5, 0.6) is 0 Å². The predicted molar refractivity (Wildman–Crippen MR) is 38.7 cm³/mol. The zero-order valence-corrected chi connectivity index (χ0v) is 6.37. The van der Waals surface area contributed by atoms with Crippen LogP contribution in [-0.2, 0) is 4.79 Å². The van der Waals surface area contributed by atoms with Gasteiger partial charge in [-0.3, -0.25) is 4.79 Å². The van der Waals surface area contributed by atoms with E-state index < -0.39 is 12.0 Å². The molecule has 0 aromatic heterocycles. The van der Waals surface area contributed by atoms with Gasteiger partial charge in [-0.05, 0) is 13.8 Å². The molecule has 10 heavy (non-hydrogen) atoms. The molecule has 0 radical (unpaired) electrons. The number of carbonyl (C=O) groups is 1. The van der Waals surface area contributed by atoms with Crippen LogP contribution in [0.2, 0.25) is 0 Å². The number of carbonyl (C=O) groups excluding carboxylic acids is 1. The van der Waals surface area contributed by atoms with E-state index in [2.05, 4.69) is 5.73 Å². The molecular weight excluding hydrogens is 136 g/mol. The molecule has 0 spiro atoms. The highest BCUT2D eigenvalue weighted by atomic mass is 16.3. The van der Waals surface area contributed by atoms with Crippen LogP contribution >= 0.6 is 0 Å². The lowest BCUT2D eigenvalue weighted by atomic mass is 10.4. The summed E-state index contributed by atoms with van der Waals surface area (Å²) in [5.74, 6) is -0.685.